The maximum atomic E-state index is 12.4. The summed E-state index contributed by atoms with van der Waals surface area (Å²) in [4.78, 5) is 12.4. The molecule has 2 heterocycles. The molecule has 5 heteroatoms. The minimum atomic E-state index is -0.0832. The molecule has 24 heavy (non-hydrogen) atoms. The van der Waals surface area contributed by atoms with Crippen LogP contribution in [0.3, 0.4) is 0 Å². The highest BCUT2D eigenvalue weighted by Crippen LogP contribution is 2.19. The van der Waals surface area contributed by atoms with Gasteiger partial charge < -0.3 is 5.32 Å². The minimum Gasteiger partial charge on any atom is -0.356 e. The highest BCUT2D eigenvalue weighted by molar-refractivity contribution is 5.83. The van der Waals surface area contributed by atoms with Crippen LogP contribution in [0.5, 0.6) is 0 Å². The van der Waals surface area contributed by atoms with Gasteiger partial charge in [0.1, 0.15) is 5.82 Å². The van der Waals surface area contributed by atoms with Crippen molar-refractivity contribution in [2.45, 2.75) is 32.1 Å². The Bertz CT molecular complexity index is 797. The Morgan fingerprint density at radius 3 is 2.71 bits per heavy atom. The normalized spacial score (nSPS) is 12.2. The molecule has 0 saturated carbocycles. The van der Waals surface area contributed by atoms with Gasteiger partial charge in [-0.3, -0.25) is 9.20 Å². The average molecular weight is 322 g/mol. The molecule has 0 saturated heterocycles. The fourth-order valence-electron chi connectivity index (χ4n) is 2.90. The molecule has 1 N–H and O–H groups in total. The molecule has 0 aliphatic rings. The van der Waals surface area contributed by atoms with Gasteiger partial charge >= 0.3 is 0 Å². The molecule has 0 radical (unpaired) electrons. The molecule has 0 bridgehead atoms. The molecule has 1 amide bonds. The highest BCUT2D eigenvalue weighted by atomic mass is 16.1. The zero-order valence-corrected chi connectivity index (χ0v) is 13.9. The number of fused-ring (bicyclic) bond motifs is 1. The number of hydrogen-bond acceptors (Lipinski definition) is 3. The van der Waals surface area contributed by atoms with Gasteiger partial charge in [-0.25, -0.2) is 0 Å². The van der Waals surface area contributed by atoms with Crippen molar-refractivity contribution in [1.82, 2.24) is 19.9 Å². The van der Waals surface area contributed by atoms with Crippen LogP contribution in [0.25, 0.3) is 5.65 Å². The predicted molar refractivity (Wildman–Crippen MR) is 93.8 cm³/mol. The minimum absolute atomic E-state index is 0.0832. The van der Waals surface area contributed by atoms with E-state index in [2.05, 4.69) is 15.5 Å². The summed E-state index contributed by atoms with van der Waals surface area (Å²) in [5, 5.41) is 11.4. The molecule has 1 aromatic carbocycles. The number of carbonyl (C=O) groups excluding carboxylic acids is 1. The summed E-state index contributed by atoms with van der Waals surface area (Å²) in [6.45, 7) is 2.68. The Morgan fingerprint density at radius 1 is 1.12 bits per heavy atom. The van der Waals surface area contributed by atoms with Crippen molar-refractivity contribution in [3.63, 3.8) is 0 Å². The van der Waals surface area contributed by atoms with E-state index >= 15 is 0 Å². The molecule has 0 aliphatic carbocycles. The zero-order valence-electron chi connectivity index (χ0n) is 13.9. The second kappa shape index (κ2) is 7.73. The predicted octanol–water partition coefficient (Wildman–Crippen LogP) is 2.97. The first-order valence-corrected chi connectivity index (χ1v) is 8.41. The quantitative estimate of drug-likeness (QED) is 0.680. The number of nitrogens with zero attached hydrogens (tertiary/aromatic N) is 3. The van der Waals surface area contributed by atoms with E-state index in [1.54, 1.807) is 0 Å². The van der Waals surface area contributed by atoms with Crippen molar-refractivity contribution in [2.75, 3.05) is 6.54 Å². The van der Waals surface area contributed by atoms with Crippen LogP contribution >= 0.6 is 0 Å². The maximum Gasteiger partial charge on any atom is 0.227 e. The van der Waals surface area contributed by atoms with E-state index in [0.717, 1.165) is 36.3 Å². The number of carbonyl (C=O) groups is 1. The molecule has 2 aromatic heterocycles. The Hall–Kier alpha value is -2.69. The molecule has 5 nitrogen and oxygen atoms in total. The third-order valence-electron chi connectivity index (χ3n) is 4.19. The largest absolute Gasteiger partial charge is 0.356 e. The van der Waals surface area contributed by atoms with Gasteiger partial charge in [0.2, 0.25) is 5.91 Å². The van der Waals surface area contributed by atoms with E-state index in [9.17, 15) is 4.79 Å². The van der Waals surface area contributed by atoms with Gasteiger partial charge in [-0.2, -0.15) is 0 Å². The topological polar surface area (TPSA) is 59.3 Å². The van der Waals surface area contributed by atoms with Gasteiger partial charge in [0.05, 0.1) is 5.92 Å². The van der Waals surface area contributed by atoms with Crippen LogP contribution in [-0.2, 0) is 11.2 Å². The van der Waals surface area contributed by atoms with Crippen molar-refractivity contribution in [3.05, 3.63) is 66.1 Å². The number of nitrogens with one attached hydrogen (secondary N) is 1. The highest BCUT2D eigenvalue weighted by Gasteiger charge is 2.17. The second-order valence-corrected chi connectivity index (χ2v) is 5.81. The first-order valence-electron chi connectivity index (χ1n) is 8.41. The van der Waals surface area contributed by atoms with E-state index in [4.69, 9.17) is 0 Å². The number of aryl methyl sites for hydroxylation is 1. The van der Waals surface area contributed by atoms with Crippen molar-refractivity contribution in [2.24, 2.45) is 0 Å². The average Bonchev–Trinajstić information content (AvgIpc) is 3.03. The van der Waals surface area contributed by atoms with E-state index in [1.165, 1.54) is 0 Å². The number of benzene rings is 1. The summed E-state index contributed by atoms with van der Waals surface area (Å²) in [5.41, 5.74) is 1.92. The Morgan fingerprint density at radius 2 is 1.92 bits per heavy atom. The van der Waals surface area contributed by atoms with Gasteiger partial charge in [-0.15, -0.1) is 10.2 Å². The lowest BCUT2D eigenvalue weighted by Crippen LogP contribution is -2.30. The molecule has 1 unspecified atom stereocenters. The molecule has 1 atom stereocenters. The number of aromatic nitrogens is 3. The Kier molecular flexibility index (Phi) is 5.21. The molecule has 0 fully saturated rings. The van der Waals surface area contributed by atoms with Gasteiger partial charge in [0.15, 0.2) is 5.65 Å². The van der Waals surface area contributed by atoms with Gasteiger partial charge in [0, 0.05) is 19.2 Å². The number of pyridine rings is 1. The standard InChI is InChI=1S/C19H22N4O/c1-2-16(15-9-4-3-5-10-15)19(24)20-13-8-12-18-22-21-17-11-6-7-14-23(17)18/h3-7,9-11,14,16H,2,8,12-13H2,1H3,(H,20,24). The monoisotopic (exact) mass is 322 g/mol. The van der Waals surface area contributed by atoms with Crippen LogP contribution in [0.4, 0.5) is 0 Å². The summed E-state index contributed by atoms with van der Waals surface area (Å²) in [7, 11) is 0. The summed E-state index contributed by atoms with van der Waals surface area (Å²) < 4.78 is 1.99. The van der Waals surface area contributed by atoms with Crippen LogP contribution in [-0.4, -0.2) is 27.0 Å². The summed E-state index contributed by atoms with van der Waals surface area (Å²) >= 11 is 0. The number of rotatable bonds is 7. The fourth-order valence-corrected chi connectivity index (χ4v) is 2.90. The van der Waals surface area contributed by atoms with Gasteiger partial charge in [-0.1, -0.05) is 43.3 Å². The lowest BCUT2D eigenvalue weighted by atomic mass is 9.95. The van der Waals surface area contributed by atoms with E-state index in [-0.39, 0.29) is 11.8 Å². The van der Waals surface area contributed by atoms with E-state index in [0.29, 0.717) is 6.54 Å². The SMILES string of the molecule is CCC(C(=O)NCCCc1nnc2ccccn12)c1ccccc1. The summed E-state index contributed by atoms with van der Waals surface area (Å²) in [5.74, 6) is 0.935. The van der Waals surface area contributed by atoms with Crippen LogP contribution in [0, 0.1) is 0 Å². The second-order valence-electron chi connectivity index (χ2n) is 5.81. The summed E-state index contributed by atoms with van der Waals surface area (Å²) in [6.07, 6.45) is 4.39. The van der Waals surface area contributed by atoms with Gasteiger partial charge in [-0.05, 0) is 30.5 Å². The third kappa shape index (κ3) is 3.62. The number of hydrogen-bond donors (Lipinski definition) is 1. The van der Waals surface area contributed by atoms with Crippen LogP contribution in [0.15, 0.2) is 54.7 Å². The zero-order chi connectivity index (χ0) is 16.8. The Labute approximate surface area is 141 Å². The molecular formula is C19H22N4O. The first kappa shape index (κ1) is 16.2. The van der Waals surface area contributed by atoms with Gasteiger partial charge in [0.25, 0.3) is 0 Å². The molecular weight excluding hydrogens is 300 g/mol. The van der Waals surface area contributed by atoms with E-state index in [1.807, 2.05) is 66.1 Å². The molecule has 0 spiro atoms. The van der Waals surface area contributed by atoms with Crippen molar-refractivity contribution >= 4 is 11.6 Å². The van der Waals surface area contributed by atoms with Crippen LogP contribution in [0.2, 0.25) is 0 Å². The Balaban J connectivity index is 1.51. The first-order chi connectivity index (χ1) is 11.8. The summed E-state index contributed by atoms with van der Waals surface area (Å²) in [6, 6.07) is 15.8. The lowest BCUT2D eigenvalue weighted by Gasteiger charge is -2.15. The van der Waals surface area contributed by atoms with Crippen molar-refractivity contribution in [1.29, 1.82) is 0 Å². The van der Waals surface area contributed by atoms with Crippen LogP contribution in [0.1, 0.15) is 37.1 Å². The fraction of sp³-hybridized carbons (Fsp3) is 0.316. The lowest BCUT2D eigenvalue weighted by molar-refractivity contribution is -0.122. The maximum absolute atomic E-state index is 12.4. The molecule has 0 aliphatic heterocycles. The molecule has 3 aromatic rings. The van der Waals surface area contributed by atoms with E-state index < -0.39 is 0 Å². The van der Waals surface area contributed by atoms with Crippen molar-refractivity contribution < 1.29 is 4.79 Å². The number of amides is 1. The third-order valence-corrected chi connectivity index (χ3v) is 4.19. The molecule has 124 valence electrons. The van der Waals surface area contributed by atoms with Crippen molar-refractivity contribution in [3.8, 4) is 0 Å². The molecule has 3 rings (SSSR count). The smallest absolute Gasteiger partial charge is 0.227 e. The van der Waals surface area contributed by atoms with Crippen LogP contribution < -0.4 is 5.32 Å².